The fraction of sp³-hybridized carbons (Fsp3) is 0.360. The second-order valence-electron chi connectivity index (χ2n) is 8.78. The van der Waals surface area contributed by atoms with E-state index in [-0.39, 0.29) is 11.2 Å². The molecule has 0 aliphatic heterocycles. The minimum atomic E-state index is 0.157. The van der Waals surface area contributed by atoms with E-state index in [1.165, 1.54) is 11.3 Å². The number of carbonyl (C=O) groups is 1. The van der Waals surface area contributed by atoms with Crippen molar-refractivity contribution in [2.45, 2.75) is 58.8 Å². The number of ketones is 1. The maximum absolute atomic E-state index is 11.3. The van der Waals surface area contributed by atoms with Gasteiger partial charge >= 0.3 is 0 Å². The highest BCUT2D eigenvalue weighted by Crippen LogP contribution is 2.38. The van der Waals surface area contributed by atoms with Crippen molar-refractivity contribution in [2.24, 2.45) is 0 Å². The molecule has 1 N–H and O–H groups in total. The summed E-state index contributed by atoms with van der Waals surface area (Å²) in [5, 5.41) is 3.35. The Morgan fingerprint density at radius 3 is 2.83 bits per heavy atom. The lowest BCUT2D eigenvalue weighted by Gasteiger charge is -2.19. The van der Waals surface area contributed by atoms with Crippen molar-refractivity contribution in [1.29, 1.82) is 0 Å². The van der Waals surface area contributed by atoms with Gasteiger partial charge in [0.05, 0.1) is 5.69 Å². The molecule has 0 amide bonds. The van der Waals surface area contributed by atoms with Gasteiger partial charge in [0.1, 0.15) is 5.78 Å². The van der Waals surface area contributed by atoms with Crippen molar-refractivity contribution in [3.05, 3.63) is 65.1 Å². The first-order valence-electron chi connectivity index (χ1n) is 10.5. The number of nitrogens with one attached hydrogen (secondary N) is 1. The number of rotatable bonds is 6. The molecule has 1 aromatic carbocycles. The van der Waals surface area contributed by atoms with Gasteiger partial charge in [-0.25, -0.2) is 9.97 Å². The first-order valence-corrected chi connectivity index (χ1v) is 10.5. The summed E-state index contributed by atoms with van der Waals surface area (Å²) in [6, 6.07) is 10.2. The SMILES string of the molecule is CC(=O)CCc1cccc(Nc2nccc(-c3cnc4c(c3)C(C)(C)CC4)n2)c1C. The molecule has 4 rings (SSSR count). The predicted molar refractivity (Wildman–Crippen MR) is 120 cm³/mol. The molecule has 5 nitrogen and oxygen atoms in total. The van der Waals surface area contributed by atoms with Crippen LogP contribution in [0.2, 0.25) is 0 Å². The Labute approximate surface area is 178 Å². The third-order valence-electron chi connectivity index (χ3n) is 6.08. The number of nitrogens with zero attached hydrogens (tertiary/aromatic N) is 3. The van der Waals surface area contributed by atoms with E-state index >= 15 is 0 Å². The standard InChI is InChI=1S/C25H28N4O/c1-16(30)8-9-18-6-5-7-21(17(18)2)28-24-26-13-11-22(29-24)19-14-20-23(27-15-19)10-12-25(20,3)4/h5-7,11,13-15H,8-10,12H2,1-4H3,(H,26,28,29). The molecule has 0 saturated heterocycles. The molecule has 30 heavy (non-hydrogen) atoms. The van der Waals surface area contributed by atoms with Crippen LogP contribution >= 0.6 is 0 Å². The van der Waals surface area contributed by atoms with Gasteiger partial charge in [0.15, 0.2) is 0 Å². The minimum absolute atomic E-state index is 0.157. The Morgan fingerprint density at radius 1 is 1.20 bits per heavy atom. The van der Waals surface area contributed by atoms with E-state index in [4.69, 9.17) is 9.97 Å². The molecule has 0 saturated carbocycles. The van der Waals surface area contributed by atoms with Crippen molar-refractivity contribution in [3.8, 4) is 11.3 Å². The van der Waals surface area contributed by atoms with Gasteiger partial charge in [-0.15, -0.1) is 0 Å². The van der Waals surface area contributed by atoms with Crippen LogP contribution in [-0.2, 0) is 23.1 Å². The quantitative estimate of drug-likeness (QED) is 0.605. The molecular formula is C25H28N4O. The number of pyridine rings is 1. The average molecular weight is 401 g/mol. The summed E-state index contributed by atoms with van der Waals surface area (Å²) in [6.45, 7) is 8.25. The number of fused-ring (bicyclic) bond motifs is 1. The Hall–Kier alpha value is -3.08. The van der Waals surface area contributed by atoms with E-state index in [1.54, 1.807) is 13.1 Å². The van der Waals surface area contributed by atoms with Crippen LogP contribution in [0.5, 0.6) is 0 Å². The molecule has 2 heterocycles. The molecule has 3 aromatic rings. The van der Waals surface area contributed by atoms with Crippen molar-refractivity contribution >= 4 is 17.4 Å². The number of anilines is 2. The van der Waals surface area contributed by atoms with Crippen molar-refractivity contribution < 1.29 is 4.79 Å². The van der Waals surface area contributed by atoms with Crippen LogP contribution in [0.4, 0.5) is 11.6 Å². The molecule has 1 aliphatic rings. The van der Waals surface area contributed by atoms with E-state index in [1.807, 2.05) is 24.4 Å². The predicted octanol–water partition coefficient (Wildman–Crippen LogP) is 5.34. The average Bonchev–Trinajstić information content (AvgIpc) is 3.03. The van der Waals surface area contributed by atoms with Gasteiger partial charge in [0, 0.05) is 35.8 Å². The molecule has 2 aromatic heterocycles. The van der Waals surface area contributed by atoms with Crippen LogP contribution in [0.25, 0.3) is 11.3 Å². The van der Waals surface area contributed by atoms with E-state index in [0.717, 1.165) is 47.3 Å². The van der Waals surface area contributed by atoms with Gasteiger partial charge in [-0.1, -0.05) is 26.0 Å². The highest BCUT2D eigenvalue weighted by molar-refractivity contribution is 5.76. The lowest BCUT2D eigenvalue weighted by atomic mass is 9.86. The number of aryl methyl sites for hydroxylation is 2. The Morgan fingerprint density at radius 2 is 2.03 bits per heavy atom. The van der Waals surface area contributed by atoms with Gasteiger partial charge < -0.3 is 10.1 Å². The maximum Gasteiger partial charge on any atom is 0.227 e. The van der Waals surface area contributed by atoms with Crippen LogP contribution < -0.4 is 5.32 Å². The smallest absolute Gasteiger partial charge is 0.227 e. The summed E-state index contributed by atoms with van der Waals surface area (Å²) >= 11 is 0. The van der Waals surface area contributed by atoms with E-state index in [0.29, 0.717) is 12.4 Å². The number of hydrogen-bond acceptors (Lipinski definition) is 5. The third kappa shape index (κ3) is 4.11. The fourth-order valence-corrected chi connectivity index (χ4v) is 4.08. The number of aromatic nitrogens is 3. The number of benzene rings is 1. The second-order valence-corrected chi connectivity index (χ2v) is 8.78. The first kappa shape index (κ1) is 20.2. The van der Waals surface area contributed by atoms with E-state index in [2.05, 4.69) is 43.2 Å². The number of Topliss-reactive ketones (excluding diaryl/α,β-unsaturated/α-hetero) is 1. The summed E-state index contributed by atoms with van der Waals surface area (Å²) in [5.41, 5.74) is 7.80. The Balaban J connectivity index is 1.60. The number of carbonyl (C=O) groups excluding carboxylic acids is 1. The minimum Gasteiger partial charge on any atom is -0.324 e. The second kappa shape index (κ2) is 7.98. The molecule has 154 valence electrons. The highest BCUT2D eigenvalue weighted by Gasteiger charge is 2.31. The van der Waals surface area contributed by atoms with Gasteiger partial charge in [-0.05, 0) is 73.4 Å². The van der Waals surface area contributed by atoms with Crippen molar-refractivity contribution in [3.63, 3.8) is 0 Å². The van der Waals surface area contributed by atoms with E-state index in [9.17, 15) is 4.79 Å². The largest absolute Gasteiger partial charge is 0.324 e. The lowest BCUT2D eigenvalue weighted by Crippen LogP contribution is -2.12. The summed E-state index contributed by atoms with van der Waals surface area (Å²) < 4.78 is 0. The maximum atomic E-state index is 11.3. The van der Waals surface area contributed by atoms with Crippen molar-refractivity contribution in [2.75, 3.05) is 5.32 Å². The summed E-state index contributed by atoms with van der Waals surface area (Å²) in [6.07, 6.45) is 7.16. The molecule has 0 atom stereocenters. The molecule has 1 aliphatic carbocycles. The monoisotopic (exact) mass is 400 g/mol. The Bertz CT molecular complexity index is 1100. The molecule has 0 unspecified atom stereocenters. The zero-order valence-electron chi connectivity index (χ0n) is 18.1. The molecule has 5 heteroatoms. The van der Waals surface area contributed by atoms with Crippen LogP contribution in [0.1, 0.15) is 56.0 Å². The summed E-state index contributed by atoms with van der Waals surface area (Å²) in [4.78, 5) is 25.2. The topological polar surface area (TPSA) is 67.8 Å². The van der Waals surface area contributed by atoms with Crippen LogP contribution in [0.15, 0.2) is 42.7 Å². The van der Waals surface area contributed by atoms with Gasteiger partial charge in [-0.3, -0.25) is 4.98 Å². The molecule has 0 fully saturated rings. The third-order valence-corrected chi connectivity index (χ3v) is 6.08. The van der Waals surface area contributed by atoms with Crippen molar-refractivity contribution in [1.82, 2.24) is 15.0 Å². The molecule has 0 spiro atoms. The van der Waals surface area contributed by atoms with Crippen LogP contribution in [-0.4, -0.2) is 20.7 Å². The zero-order chi connectivity index (χ0) is 21.3. The fourth-order valence-electron chi connectivity index (χ4n) is 4.08. The van der Waals surface area contributed by atoms with Gasteiger partial charge in [0.25, 0.3) is 0 Å². The normalized spacial score (nSPS) is 14.4. The van der Waals surface area contributed by atoms with E-state index < -0.39 is 0 Å². The zero-order valence-corrected chi connectivity index (χ0v) is 18.1. The highest BCUT2D eigenvalue weighted by atomic mass is 16.1. The molecule has 0 radical (unpaired) electrons. The van der Waals surface area contributed by atoms with Gasteiger partial charge in [-0.2, -0.15) is 0 Å². The number of hydrogen-bond donors (Lipinski definition) is 1. The lowest BCUT2D eigenvalue weighted by molar-refractivity contribution is -0.116. The molecular weight excluding hydrogens is 372 g/mol. The Kier molecular flexibility index (Phi) is 5.37. The summed E-state index contributed by atoms with van der Waals surface area (Å²) in [7, 11) is 0. The van der Waals surface area contributed by atoms with Gasteiger partial charge in [0.2, 0.25) is 5.95 Å². The summed E-state index contributed by atoms with van der Waals surface area (Å²) in [5.74, 6) is 0.758. The molecule has 0 bridgehead atoms. The van der Waals surface area contributed by atoms with Crippen LogP contribution in [0.3, 0.4) is 0 Å². The first-order chi connectivity index (χ1) is 14.3. The van der Waals surface area contributed by atoms with Crippen LogP contribution in [0, 0.1) is 6.92 Å².